The molecule has 0 spiro atoms. The van der Waals surface area contributed by atoms with Crippen molar-refractivity contribution in [3.05, 3.63) is 42.0 Å². The molecule has 0 radical (unpaired) electrons. The van der Waals surface area contributed by atoms with Gasteiger partial charge in [0.25, 0.3) is 0 Å². The molecule has 1 N–H and O–H groups in total. The molecule has 0 aliphatic heterocycles. The van der Waals surface area contributed by atoms with E-state index in [1.165, 1.54) is 6.07 Å². The Bertz CT molecular complexity index is 525. The van der Waals surface area contributed by atoms with Crippen LogP contribution in [0.25, 0.3) is 0 Å². The fourth-order valence-corrected chi connectivity index (χ4v) is 1.65. The fourth-order valence-electron chi connectivity index (χ4n) is 1.65. The number of nitrogens with one attached hydrogen (secondary N) is 1. The van der Waals surface area contributed by atoms with Crippen molar-refractivity contribution in [2.45, 2.75) is 13.5 Å². The molecule has 2 rings (SSSR count). The van der Waals surface area contributed by atoms with E-state index in [0.29, 0.717) is 12.2 Å². The van der Waals surface area contributed by atoms with Gasteiger partial charge in [-0.15, -0.1) is 0 Å². The predicted molar refractivity (Wildman–Crippen MR) is 68.5 cm³/mol. The SMILES string of the molecule is COCCn1ccnc1Nc1ccc(F)c(C)c1. The number of hydrogen-bond acceptors (Lipinski definition) is 3. The number of methoxy groups -OCH3 is 1. The van der Waals surface area contributed by atoms with Gasteiger partial charge >= 0.3 is 0 Å². The Morgan fingerprint density at radius 3 is 3.00 bits per heavy atom. The maximum atomic E-state index is 13.2. The van der Waals surface area contributed by atoms with Crippen LogP contribution in [0.15, 0.2) is 30.6 Å². The number of anilines is 2. The van der Waals surface area contributed by atoms with E-state index in [1.54, 1.807) is 32.4 Å². The molecule has 0 saturated heterocycles. The molecular formula is C13H16FN3O. The highest BCUT2D eigenvalue weighted by atomic mass is 19.1. The van der Waals surface area contributed by atoms with Crippen LogP contribution in [-0.2, 0) is 11.3 Å². The van der Waals surface area contributed by atoms with Gasteiger partial charge in [0.1, 0.15) is 5.82 Å². The first kappa shape index (κ1) is 12.6. The Morgan fingerprint density at radius 2 is 2.28 bits per heavy atom. The molecular weight excluding hydrogens is 233 g/mol. The maximum Gasteiger partial charge on any atom is 0.207 e. The topological polar surface area (TPSA) is 39.1 Å². The van der Waals surface area contributed by atoms with Crippen LogP contribution in [-0.4, -0.2) is 23.3 Å². The molecule has 0 atom stereocenters. The lowest BCUT2D eigenvalue weighted by Gasteiger charge is -2.10. The van der Waals surface area contributed by atoms with Crippen LogP contribution in [0.5, 0.6) is 0 Å². The minimum absolute atomic E-state index is 0.205. The van der Waals surface area contributed by atoms with E-state index in [4.69, 9.17) is 4.74 Å². The highest BCUT2D eigenvalue weighted by molar-refractivity contribution is 5.54. The number of aromatic nitrogens is 2. The van der Waals surface area contributed by atoms with Crippen molar-refractivity contribution in [1.29, 1.82) is 0 Å². The van der Waals surface area contributed by atoms with Crippen LogP contribution in [0.4, 0.5) is 16.0 Å². The summed E-state index contributed by atoms with van der Waals surface area (Å²) in [6.07, 6.45) is 3.59. The first-order valence-corrected chi connectivity index (χ1v) is 5.74. The molecule has 1 aromatic heterocycles. The Hall–Kier alpha value is -1.88. The normalized spacial score (nSPS) is 10.6. The van der Waals surface area contributed by atoms with Crippen LogP contribution in [0.2, 0.25) is 0 Å². The van der Waals surface area contributed by atoms with Gasteiger partial charge in [-0.05, 0) is 30.7 Å². The number of aryl methyl sites for hydroxylation is 1. The molecule has 5 heteroatoms. The van der Waals surface area contributed by atoms with Crippen molar-refractivity contribution in [2.24, 2.45) is 0 Å². The number of benzene rings is 1. The van der Waals surface area contributed by atoms with Gasteiger partial charge in [0.2, 0.25) is 5.95 Å². The molecule has 0 unspecified atom stereocenters. The molecule has 1 heterocycles. The number of halogens is 1. The molecule has 0 aliphatic rings. The lowest BCUT2D eigenvalue weighted by atomic mass is 10.2. The van der Waals surface area contributed by atoms with Crippen LogP contribution in [0, 0.1) is 12.7 Å². The van der Waals surface area contributed by atoms with Crippen molar-refractivity contribution in [2.75, 3.05) is 19.0 Å². The fraction of sp³-hybridized carbons (Fsp3) is 0.308. The Labute approximate surface area is 105 Å². The molecule has 0 fully saturated rings. The third-order valence-electron chi connectivity index (χ3n) is 2.67. The van der Waals surface area contributed by atoms with Gasteiger partial charge in [0.05, 0.1) is 6.61 Å². The zero-order valence-electron chi connectivity index (χ0n) is 10.5. The molecule has 18 heavy (non-hydrogen) atoms. The van der Waals surface area contributed by atoms with Gasteiger partial charge in [-0.1, -0.05) is 0 Å². The van der Waals surface area contributed by atoms with Gasteiger partial charge in [-0.2, -0.15) is 0 Å². The molecule has 2 aromatic rings. The van der Waals surface area contributed by atoms with E-state index < -0.39 is 0 Å². The van der Waals surface area contributed by atoms with Crippen molar-refractivity contribution < 1.29 is 9.13 Å². The highest BCUT2D eigenvalue weighted by Crippen LogP contribution is 2.18. The lowest BCUT2D eigenvalue weighted by Crippen LogP contribution is -2.07. The van der Waals surface area contributed by atoms with E-state index in [2.05, 4.69) is 10.3 Å². The summed E-state index contributed by atoms with van der Waals surface area (Å²) in [5.74, 6) is 0.515. The standard InChI is InChI=1S/C13H16FN3O/c1-10-9-11(3-4-12(10)14)16-13-15-5-6-17(13)7-8-18-2/h3-6,9H,7-8H2,1-2H3,(H,15,16). The summed E-state index contributed by atoms with van der Waals surface area (Å²) in [4.78, 5) is 4.22. The molecule has 0 amide bonds. The molecule has 1 aromatic carbocycles. The number of hydrogen-bond donors (Lipinski definition) is 1. The second-order valence-electron chi connectivity index (χ2n) is 4.03. The van der Waals surface area contributed by atoms with E-state index >= 15 is 0 Å². The minimum atomic E-state index is -0.205. The third-order valence-corrected chi connectivity index (χ3v) is 2.67. The molecule has 0 bridgehead atoms. The van der Waals surface area contributed by atoms with Crippen LogP contribution < -0.4 is 5.32 Å². The Kier molecular flexibility index (Phi) is 3.94. The van der Waals surface area contributed by atoms with Gasteiger partial charge in [-0.25, -0.2) is 9.37 Å². The number of ether oxygens (including phenoxy) is 1. The summed E-state index contributed by atoms with van der Waals surface area (Å²) in [7, 11) is 1.66. The second kappa shape index (κ2) is 5.64. The summed E-state index contributed by atoms with van der Waals surface area (Å²) < 4.78 is 20.1. The van der Waals surface area contributed by atoms with Crippen LogP contribution in [0.3, 0.4) is 0 Å². The van der Waals surface area contributed by atoms with Gasteiger partial charge < -0.3 is 14.6 Å². The highest BCUT2D eigenvalue weighted by Gasteiger charge is 2.04. The largest absolute Gasteiger partial charge is 0.383 e. The van der Waals surface area contributed by atoms with E-state index in [-0.39, 0.29) is 5.82 Å². The lowest BCUT2D eigenvalue weighted by molar-refractivity contribution is 0.188. The summed E-state index contributed by atoms with van der Waals surface area (Å²) in [5, 5.41) is 3.16. The predicted octanol–water partition coefficient (Wildman–Crippen LogP) is 2.72. The minimum Gasteiger partial charge on any atom is -0.383 e. The second-order valence-corrected chi connectivity index (χ2v) is 4.03. The van der Waals surface area contributed by atoms with Crippen molar-refractivity contribution >= 4 is 11.6 Å². The average Bonchev–Trinajstić information content (AvgIpc) is 2.79. The Morgan fingerprint density at radius 1 is 1.44 bits per heavy atom. The number of imidazole rings is 1. The van der Waals surface area contributed by atoms with Crippen LogP contribution in [0.1, 0.15) is 5.56 Å². The third kappa shape index (κ3) is 2.87. The van der Waals surface area contributed by atoms with E-state index in [9.17, 15) is 4.39 Å². The number of rotatable bonds is 5. The van der Waals surface area contributed by atoms with Crippen LogP contribution >= 0.6 is 0 Å². The molecule has 0 saturated carbocycles. The summed E-state index contributed by atoms with van der Waals surface area (Å²) in [6, 6.07) is 4.89. The number of nitrogens with zero attached hydrogens (tertiary/aromatic N) is 2. The Balaban J connectivity index is 2.13. The monoisotopic (exact) mass is 249 g/mol. The first-order chi connectivity index (χ1) is 8.70. The van der Waals surface area contributed by atoms with Crippen molar-refractivity contribution in [3.63, 3.8) is 0 Å². The average molecular weight is 249 g/mol. The summed E-state index contributed by atoms with van der Waals surface area (Å²) in [5.41, 5.74) is 1.42. The molecule has 4 nitrogen and oxygen atoms in total. The molecule has 96 valence electrons. The summed E-state index contributed by atoms with van der Waals surface area (Å²) in [6.45, 7) is 3.07. The van der Waals surface area contributed by atoms with E-state index in [1.807, 2.05) is 10.8 Å². The van der Waals surface area contributed by atoms with Crippen molar-refractivity contribution in [3.8, 4) is 0 Å². The maximum absolute atomic E-state index is 13.2. The zero-order valence-corrected chi connectivity index (χ0v) is 10.5. The quantitative estimate of drug-likeness (QED) is 0.885. The van der Waals surface area contributed by atoms with Crippen molar-refractivity contribution in [1.82, 2.24) is 9.55 Å². The van der Waals surface area contributed by atoms with E-state index in [0.717, 1.165) is 18.2 Å². The first-order valence-electron chi connectivity index (χ1n) is 5.74. The molecule has 0 aliphatic carbocycles. The smallest absolute Gasteiger partial charge is 0.207 e. The van der Waals surface area contributed by atoms with Gasteiger partial charge in [0, 0.05) is 31.7 Å². The van der Waals surface area contributed by atoms with Gasteiger partial charge in [-0.3, -0.25) is 0 Å². The summed E-state index contributed by atoms with van der Waals surface area (Å²) >= 11 is 0. The van der Waals surface area contributed by atoms with Gasteiger partial charge in [0.15, 0.2) is 0 Å². The zero-order chi connectivity index (χ0) is 13.0.